The minimum atomic E-state index is -0.152. The molecule has 1 heterocycles. The van der Waals surface area contributed by atoms with Crippen LogP contribution in [0.4, 0.5) is 5.69 Å². The zero-order chi connectivity index (χ0) is 22.8. The maximum Gasteiger partial charge on any atom is 0.225 e. The van der Waals surface area contributed by atoms with Gasteiger partial charge in [-0.05, 0) is 81.0 Å². The van der Waals surface area contributed by atoms with Crippen LogP contribution in [0.25, 0.3) is 0 Å². The number of amides is 1. The molecule has 7 heteroatoms. The monoisotopic (exact) mass is 458 g/mol. The lowest BCUT2D eigenvalue weighted by molar-refractivity contribution is -0.116. The van der Waals surface area contributed by atoms with E-state index in [4.69, 9.17) is 11.6 Å². The first-order valence-corrected chi connectivity index (χ1v) is 12.3. The van der Waals surface area contributed by atoms with Gasteiger partial charge < -0.3 is 15.0 Å². The Morgan fingerprint density at radius 3 is 2.66 bits per heavy atom. The molecule has 1 atom stereocenters. The number of aliphatic hydroxyl groups is 1. The molecule has 1 amide bonds. The van der Waals surface area contributed by atoms with E-state index >= 15 is 0 Å². The van der Waals surface area contributed by atoms with Gasteiger partial charge in [0.2, 0.25) is 5.91 Å². The lowest BCUT2D eigenvalue weighted by atomic mass is 9.71. The zero-order valence-electron chi connectivity index (χ0n) is 19.4. The highest BCUT2D eigenvalue weighted by Crippen LogP contribution is 2.48. The van der Waals surface area contributed by atoms with Gasteiger partial charge in [0.25, 0.3) is 0 Å². The Morgan fingerprint density at radius 1 is 1.28 bits per heavy atom. The molecule has 0 bridgehead atoms. The normalized spacial score (nSPS) is 21.4. The number of carbonyl (C=O) groups is 1. The fraction of sp³-hybridized carbons (Fsp3) is 0.640. The highest BCUT2D eigenvalue weighted by atomic mass is 35.5. The average Bonchev–Trinajstić information content (AvgIpc) is 3.45. The van der Waals surface area contributed by atoms with E-state index in [1.54, 1.807) is 6.07 Å². The maximum atomic E-state index is 12.9. The van der Waals surface area contributed by atoms with Crippen molar-refractivity contribution in [3.05, 3.63) is 40.4 Å². The lowest BCUT2D eigenvalue weighted by Gasteiger charge is -2.36. The number of hydrogen-bond acceptors (Lipinski definition) is 4. The van der Waals surface area contributed by atoms with Crippen LogP contribution in [0.15, 0.2) is 18.2 Å². The van der Waals surface area contributed by atoms with E-state index in [9.17, 15) is 9.90 Å². The van der Waals surface area contributed by atoms with Gasteiger partial charge in [0.1, 0.15) is 11.6 Å². The molecule has 2 aliphatic carbocycles. The van der Waals surface area contributed by atoms with Crippen LogP contribution in [-0.2, 0) is 4.79 Å². The van der Waals surface area contributed by atoms with Crippen LogP contribution in [0.2, 0.25) is 5.02 Å². The molecule has 2 aromatic rings. The van der Waals surface area contributed by atoms with Gasteiger partial charge in [-0.15, -0.1) is 10.2 Å². The second kappa shape index (κ2) is 9.92. The third-order valence-electron chi connectivity index (χ3n) is 6.80. The smallest absolute Gasteiger partial charge is 0.225 e. The van der Waals surface area contributed by atoms with Crippen LogP contribution >= 0.6 is 11.6 Å². The molecular formula is C25H35ClN4O2. The summed E-state index contributed by atoms with van der Waals surface area (Å²) in [6.45, 7) is 6.51. The molecule has 4 rings (SSSR count). The van der Waals surface area contributed by atoms with Crippen LogP contribution in [0.5, 0.6) is 0 Å². The SMILES string of the molecule is Cc1cc(Cl)ccc1NC(=O)C[C@H](CCO)c1nnc([C@H]2C[C@@H](CC(C)C)C2)n1C1CC1. The Kier molecular flexibility index (Phi) is 7.21. The van der Waals surface area contributed by atoms with Crippen LogP contribution in [0.3, 0.4) is 0 Å². The molecule has 1 aromatic carbocycles. The highest BCUT2D eigenvalue weighted by molar-refractivity contribution is 6.30. The molecule has 1 aromatic heterocycles. The molecule has 2 N–H and O–H groups in total. The number of benzene rings is 1. The van der Waals surface area contributed by atoms with E-state index in [0.717, 1.165) is 47.6 Å². The van der Waals surface area contributed by atoms with E-state index in [1.165, 1.54) is 19.3 Å². The predicted molar refractivity (Wildman–Crippen MR) is 127 cm³/mol. The third-order valence-corrected chi connectivity index (χ3v) is 7.04. The van der Waals surface area contributed by atoms with Crippen molar-refractivity contribution in [3.8, 4) is 0 Å². The van der Waals surface area contributed by atoms with Gasteiger partial charge in [-0.25, -0.2) is 0 Å². The Hall–Kier alpha value is -1.92. The zero-order valence-corrected chi connectivity index (χ0v) is 20.1. The summed E-state index contributed by atoms with van der Waals surface area (Å²) in [5.74, 6) is 3.72. The van der Waals surface area contributed by atoms with Crippen molar-refractivity contribution in [2.75, 3.05) is 11.9 Å². The van der Waals surface area contributed by atoms with Crippen LogP contribution in [-0.4, -0.2) is 32.4 Å². The van der Waals surface area contributed by atoms with Gasteiger partial charge in [0, 0.05) is 41.6 Å². The van der Waals surface area contributed by atoms with Crippen molar-refractivity contribution in [1.29, 1.82) is 0 Å². The van der Waals surface area contributed by atoms with E-state index in [0.29, 0.717) is 23.4 Å². The molecule has 2 fully saturated rings. The number of halogens is 1. The fourth-order valence-corrected chi connectivity index (χ4v) is 5.28. The Labute approximate surface area is 195 Å². The molecule has 2 saturated carbocycles. The molecule has 0 radical (unpaired) electrons. The van der Waals surface area contributed by atoms with Crippen molar-refractivity contribution in [1.82, 2.24) is 14.8 Å². The number of nitrogens with one attached hydrogen (secondary N) is 1. The Morgan fingerprint density at radius 2 is 2.03 bits per heavy atom. The molecule has 32 heavy (non-hydrogen) atoms. The van der Waals surface area contributed by atoms with Crippen molar-refractivity contribution in [2.24, 2.45) is 11.8 Å². The topological polar surface area (TPSA) is 80.0 Å². The number of aryl methyl sites for hydroxylation is 1. The van der Waals surface area contributed by atoms with Crippen molar-refractivity contribution in [3.63, 3.8) is 0 Å². The molecule has 174 valence electrons. The van der Waals surface area contributed by atoms with Crippen molar-refractivity contribution >= 4 is 23.2 Å². The molecule has 0 aliphatic heterocycles. The second-order valence-corrected chi connectivity index (χ2v) is 10.5. The molecule has 0 unspecified atom stereocenters. The van der Waals surface area contributed by atoms with E-state index < -0.39 is 0 Å². The summed E-state index contributed by atoms with van der Waals surface area (Å²) in [6.07, 6.45) is 6.70. The summed E-state index contributed by atoms with van der Waals surface area (Å²) >= 11 is 6.03. The number of aliphatic hydroxyl groups excluding tert-OH is 1. The predicted octanol–water partition coefficient (Wildman–Crippen LogP) is 5.61. The number of rotatable bonds is 10. The number of aromatic nitrogens is 3. The summed E-state index contributed by atoms with van der Waals surface area (Å²) in [6, 6.07) is 5.88. The quantitative estimate of drug-likeness (QED) is 0.485. The van der Waals surface area contributed by atoms with Crippen molar-refractivity contribution in [2.45, 2.75) is 83.6 Å². The molecule has 6 nitrogen and oxygen atoms in total. The van der Waals surface area contributed by atoms with Crippen LogP contribution in [0.1, 0.15) is 93.9 Å². The van der Waals surface area contributed by atoms with Crippen LogP contribution < -0.4 is 5.32 Å². The number of hydrogen-bond donors (Lipinski definition) is 2. The van der Waals surface area contributed by atoms with E-state index in [2.05, 4.69) is 33.9 Å². The van der Waals surface area contributed by atoms with Gasteiger partial charge in [-0.2, -0.15) is 0 Å². The Balaban J connectivity index is 1.48. The van der Waals surface area contributed by atoms with Gasteiger partial charge >= 0.3 is 0 Å². The summed E-state index contributed by atoms with van der Waals surface area (Å²) in [7, 11) is 0. The minimum absolute atomic E-state index is 0.0185. The highest BCUT2D eigenvalue weighted by Gasteiger charge is 2.39. The lowest BCUT2D eigenvalue weighted by Crippen LogP contribution is -2.26. The standard InChI is InChI=1S/C25H35ClN4O2/c1-15(2)10-17-12-19(13-17)25-29-28-24(30(25)21-5-6-21)18(8-9-31)14-23(32)27-22-7-4-20(26)11-16(22)3/h4,7,11,15,17-19,21,31H,5-6,8-10,12-14H2,1-3H3,(H,27,32)/t17-,18-,19+/m0/s1. The fourth-order valence-electron chi connectivity index (χ4n) is 5.06. The number of nitrogens with zero attached hydrogens (tertiary/aromatic N) is 3. The van der Waals surface area contributed by atoms with E-state index in [1.807, 2.05) is 19.1 Å². The summed E-state index contributed by atoms with van der Waals surface area (Å²) in [5, 5.41) is 22.6. The molecular weight excluding hydrogens is 424 g/mol. The molecule has 2 aliphatic rings. The first-order chi connectivity index (χ1) is 15.4. The summed E-state index contributed by atoms with van der Waals surface area (Å²) in [4.78, 5) is 12.9. The first-order valence-electron chi connectivity index (χ1n) is 12.0. The largest absolute Gasteiger partial charge is 0.396 e. The third kappa shape index (κ3) is 5.34. The molecule has 0 saturated heterocycles. The van der Waals surface area contributed by atoms with Gasteiger partial charge in [0.05, 0.1) is 0 Å². The van der Waals surface area contributed by atoms with Gasteiger partial charge in [-0.1, -0.05) is 25.4 Å². The van der Waals surface area contributed by atoms with Gasteiger partial charge in [-0.3, -0.25) is 4.79 Å². The number of anilines is 1. The first kappa shape index (κ1) is 23.2. The average molecular weight is 459 g/mol. The summed E-state index contributed by atoms with van der Waals surface area (Å²) < 4.78 is 2.32. The van der Waals surface area contributed by atoms with E-state index in [-0.39, 0.29) is 24.9 Å². The van der Waals surface area contributed by atoms with Gasteiger partial charge in [0.15, 0.2) is 0 Å². The maximum absolute atomic E-state index is 12.9. The number of carbonyl (C=O) groups excluding carboxylic acids is 1. The van der Waals surface area contributed by atoms with Crippen LogP contribution in [0, 0.1) is 18.8 Å². The summed E-state index contributed by atoms with van der Waals surface area (Å²) in [5.41, 5.74) is 1.69. The Bertz CT molecular complexity index is 947. The second-order valence-electron chi connectivity index (χ2n) is 10.1. The molecule has 0 spiro atoms. The van der Waals surface area contributed by atoms with Crippen molar-refractivity contribution < 1.29 is 9.90 Å². The minimum Gasteiger partial charge on any atom is -0.396 e.